The number of anilines is 1. The zero-order chi connectivity index (χ0) is 11.3. The van der Waals surface area contributed by atoms with Crippen LogP contribution in [-0.4, -0.2) is 20.8 Å². The van der Waals surface area contributed by atoms with Gasteiger partial charge in [-0.3, -0.25) is 0 Å². The highest BCUT2D eigenvalue weighted by Gasteiger charge is 2.34. The summed E-state index contributed by atoms with van der Waals surface area (Å²) in [5, 5.41) is 0. The molecule has 0 atom stereocenters. The minimum atomic E-state index is -3.47. The van der Waals surface area contributed by atoms with Crippen LogP contribution in [0.1, 0.15) is 12.8 Å². The van der Waals surface area contributed by atoms with Gasteiger partial charge in [-0.1, -0.05) is 0 Å². The van der Waals surface area contributed by atoms with Gasteiger partial charge >= 0.3 is 0 Å². The molecule has 6 heteroatoms. The molecule has 0 unspecified atom stereocenters. The fourth-order valence-electron chi connectivity index (χ4n) is 1.79. The molecule has 0 spiro atoms. The van der Waals surface area contributed by atoms with Gasteiger partial charge in [-0.15, -0.1) is 4.40 Å². The Morgan fingerprint density at radius 2 is 2.12 bits per heavy atom. The van der Waals surface area contributed by atoms with Crippen molar-refractivity contribution in [1.82, 2.24) is 0 Å². The molecule has 2 aliphatic rings. The number of hydrogen-bond donors (Lipinski definition) is 0. The van der Waals surface area contributed by atoms with E-state index in [4.69, 9.17) is 0 Å². The molecule has 0 N–H and O–H groups in total. The number of benzene rings is 1. The van der Waals surface area contributed by atoms with E-state index in [1.807, 2.05) is 11.0 Å². The first kappa shape index (κ1) is 10.5. The van der Waals surface area contributed by atoms with Crippen molar-refractivity contribution in [2.24, 2.45) is 4.40 Å². The quantitative estimate of drug-likeness (QED) is 0.730. The van der Waals surface area contributed by atoms with Crippen LogP contribution < -0.4 is 4.90 Å². The van der Waals surface area contributed by atoms with Crippen LogP contribution in [0.5, 0.6) is 0 Å². The molecule has 1 aliphatic heterocycles. The lowest BCUT2D eigenvalue weighted by molar-refractivity contribution is 0.597. The first-order valence-corrected chi connectivity index (χ1v) is 7.48. The topological polar surface area (TPSA) is 49.7 Å². The molecule has 1 aromatic rings. The Bertz CT molecular complexity index is 578. The van der Waals surface area contributed by atoms with Gasteiger partial charge in [-0.05, 0) is 53.6 Å². The third-order valence-corrected chi connectivity index (χ3v) is 4.67. The summed E-state index contributed by atoms with van der Waals surface area (Å²) in [7, 11) is -3.47. The lowest BCUT2D eigenvalue weighted by Gasteiger charge is -2.24. The van der Waals surface area contributed by atoms with Crippen molar-refractivity contribution < 1.29 is 8.42 Å². The molecular weight excluding hydrogens is 339 g/mol. The second kappa shape index (κ2) is 3.43. The number of rotatable bonds is 1. The van der Waals surface area contributed by atoms with Gasteiger partial charge in [0.2, 0.25) is 0 Å². The summed E-state index contributed by atoms with van der Waals surface area (Å²) in [4.78, 5) is 2.29. The number of fused-ring (bicyclic) bond motifs is 1. The molecule has 0 bridgehead atoms. The van der Waals surface area contributed by atoms with Crippen LogP contribution in [0, 0.1) is 3.57 Å². The largest absolute Gasteiger partial charge is 0.327 e. The third-order valence-electron chi connectivity index (χ3n) is 2.73. The summed E-state index contributed by atoms with van der Waals surface area (Å²) in [6.07, 6.45) is 3.67. The fourth-order valence-corrected chi connectivity index (χ4v) is 3.27. The summed E-state index contributed by atoms with van der Waals surface area (Å²) in [5.41, 5.74) is 0.768. The molecule has 3 rings (SSSR count). The Kier molecular flexibility index (Phi) is 2.25. The van der Waals surface area contributed by atoms with Crippen LogP contribution >= 0.6 is 22.6 Å². The lowest BCUT2D eigenvalue weighted by Crippen LogP contribution is -2.29. The molecule has 16 heavy (non-hydrogen) atoms. The van der Waals surface area contributed by atoms with Gasteiger partial charge in [0.25, 0.3) is 10.0 Å². The van der Waals surface area contributed by atoms with Crippen LogP contribution in [0.15, 0.2) is 27.5 Å². The Hall–Kier alpha value is -0.630. The second-order valence-corrected chi connectivity index (χ2v) is 6.79. The highest BCUT2D eigenvalue weighted by atomic mass is 127. The van der Waals surface area contributed by atoms with Gasteiger partial charge in [0.15, 0.2) is 0 Å². The van der Waals surface area contributed by atoms with Crippen LogP contribution in [0.4, 0.5) is 5.69 Å². The average molecular weight is 348 g/mol. The van der Waals surface area contributed by atoms with Crippen molar-refractivity contribution in [2.75, 3.05) is 4.90 Å². The lowest BCUT2D eigenvalue weighted by atomic mass is 10.3. The van der Waals surface area contributed by atoms with Crippen molar-refractivity contribution in [3.63, 3.8) is 0 Å². The van der Waals surface area contributed by atoms with E-state index < -0.39 is 10.0 Å². The van der Waals surface area contributed by atoms with Gasteiger partial charge in [-0.2, -0.15) is 8.42 Å². The standard InChI is InChI=1S/C10H9IN2O2S/c11-7-1-4-10-9(5-7)13(8-2-3-8)6-12-16(10,14)15/h1,4-6,8H,2-3H2. The van der Waals surface area contributed by atoms with E-state index in [-0.39, 0.29) is 0 Å². The van der Waals surface area contributed by atoms with Crippen LogP contribution in [-0.2, 0) is 10.0 Å². The third kappa shape index (κ3) is 1.64. The van der Waals surface area contributed by atoms with E-state index in [1.165, 1.54) is 6.34 Å². The maximum absolute atomic E-state index is 11.7. The van der Waals surface area contributed by atoms with Gasteiger partial charge in [0, 0.05) is 9.61 Å². The van der Waals surface area contributed by atoms with E-state index in [0.29, 0.717) is 10.9 Å². The fraction of sp³-hybridized carbons (Fsp3) is 0.300. The normalized spacial score (nSPS) is 21.9. The van der Waals surface area contributed by atoms with Crippen LogP contribution in [0.3, 0.4) is 0 Å². The van der Waals surface area contributed by atoms with E-state index >= 15 is 0 Å². The summed E-state index contributed by atoms with van der Waals surface area (Å²) >= 11 is 2.19. The SMILES string of the molecule is O=S1(=O)N=CN(C2CC2)c2cc(I)ccc21. The minimum Gasteiger partial charge on any atom is -0.327 e. The smallest absolute Gasteiger partial charge is 0.285 e. The summed E-state index contributed by atoms with van der Waals surface area (Å²) in [6.45, 7) is 0. The highest BCUT2D eigenvalue weighted by molar-refractivity contribution is 14.1. The molecular formula is C10H9IN2O2S. The molecule has 0 aromatic heterocycles. The first-order valence-electron chi connectivity index (χ1n) is 4.96. The van der Waals surface area contributed by atoms with Crippen molar-refractivity contribution in [2.45, 2.75) is 23.8 Å². The molecule has 1 heterocycles. The Morgan fingerprint density at radius 3 is 2.81 bits per heavy atom. The van der Waals surface area contributed by atoms with E-state index in [9.17, 15) is 8.42 Å². The van der Waals surface area contributed by atoms with Crippen LogP contribution in [0.2, 0.25) is 0 Å². The minimum absolute atomic E-state index is 0.322. The van der Waals surface area contributed by atoms with Crippen molar-refractivity contribution >= 4 is 44.6 Å². The van der Waals surface area contributed by atoms with Crippen molar-refractivity contribution in [3.05, 3.63) is 21.8 Å². The van der Waals surface area contributed by atoms with Gasteiger partial charge < -0.3 is 4.90 Å². The van der Waals surface area contributed by atoms with Crippen molar-refractivity contribution in [3.8, 4) is 0 Å². The summed E-state index contributed by atoms with van der Waals surface area (Å²) in [5.74, 6) is 0. The van der Waals surface area contributed by atoms with E-state index in [0.717, 1.165) is 22.1 Å². The predicted octanol–water partition coefficient (Wildman–Crippen LogP) is 1.99. The molecule has 0 radical (unpaired) electrons. The number of halogens is 1. The monoisotopic (exact) mass is 348 g/mol. The predicted molar refractivity (Wildman–Crippen MR) is 70.3 cm³/mol. The molecule has 84 valence electrons. The van der Waals surface area contributed by atoms with Gasteiger partial charge in [0.1, 0.15) is 11.2 Å². The number of nitrogens with zero attached hydrogens (tertiary/aromatic N) is 2. The second-order valence-electron chi connectivity index (χ2n) is 3.95. The zero-order valence-electron chi connectivity index (χ0n) is 8.30. The Morgan fingerprint density at radius 1 is 1.38 bits per heavy atom. The summed E-state index contributed by atoms with van der Waals surface area (Å²) < 4.78 is 28.2. The molecule has 4 nitrogen and oxygen atoms in total. The van der Waals surface area contributed by atoms with Crippen LogP contribution in [0.25, 0.3) is 0 Å². The maximum Gasteiger partial charge on any atom is 0.285 e. The maximum atomic E-state index is 11.7. The Balaban J connectivity index is 2.22. The molecule has 1 fully saturated rings. The Labute approximate surface area is 108 Å². The number of hydrogen-bond acceptors (Lipinski definition) is 3. The average Bonchev–Trinajstić information content (AvgIpc) is 3.01. The van der Waals surface area contributed by atoms with Gasteiger partial charge in [0.05, 0.1) is 5.69 Å². The first-order chi connectivity index (χ1) is 7.58. The molecule has 1 saturated carbocycles. The number of sulfonamides is 1. The zero-order valence-corrected chi connectivity index (χ0v) is 11.3. The molecule has 1 aliphatic carbocycles. The molecule has 0 amide bonds. The highest BCUT2D eigenvalue weighted by Crippen LogP contribution is 2.37. The van der Waals surface area contributed by atoms with E-state index in [2.05, 4.69) is 27.0 Å². The van der Waals surface area contributed by atoms with E-state index in [1.54, 1.807) is 12.1 Å². The van der Waals surface area contributed by atoms with Crippen molar-refractivity contribution in [1.29, 1.82) is 0 Å². The molecule has 1 aromatic carbocycles. The summed E-state index contributed by atoms with van der Waals surface area (Å²) in [6, 6.07) is 5.76. The molecule has 0 saturated heterocycles. The van der Waals surface area contributed by atoms with Gasteiger partial charge in [-0.25, -0.2) is 0 Å².